The van der Waals surface area contributed by atoms with Crippen LogP contribution in [0.2, 0.25) is 0 Å². The first kappa shape index (κ1) is 8.15. The Balaban J connectivity index is 2.18. The number of hydrogen-bond acceptors (Lipinski definition) is 3. The third-order valence-electron chi connectivity index (χ3n) is 2.26. The molecule has 6 heteroatoms. The van der Waals surface area contributed by atoms with E-state index >= 15 is 0 Å². The molecule has 0 aromatic rings. The van der Waals surface area contributed by atoms with Gasteiger partial charge in [0.05, 0.1) is 0 Å². The SMILES string of the molecule is O=C1OC2CCN(S(=O)O)[C@@H]1C2. The number of nitrogens with zero attached hydrogens (tertiary/aromatic N) is 1. The molecule has 2 bridgehead atoms. The number of carbonyl (C=O) groups excluding carboxylic acids is 1. The molecule has 2 fully saturated rings. The molecule has 0 aromatic carbocycles. The highest BCUT2D eigenvalue weighted by molar-refractivity contribution is 7.76. The zero-order valence-electron chi connectivity index (χ0n) is 6.30. The van der Waals surface area contributed by atoms with Crippen molar-refractivity contribution in [3.05, 3.63) is 0 Å². The maximum absolute atomic E-state index is 11.1. The van der Waals surface area contributed by atoms with E-state index in [1.54, 1.807) is 0 Å². The highest BCUT2D eigenvalue weighted by Crippen LogP contribution is 2.28. The molecule has 12 heavy (non-hydrogen) atoms. The van der Waals surface area contributed by atoms with Gasteiger partial charge in [-0.25, -0.2) is 4.21 Å². The molecule has 0 spiro atoms. The van der Waals surface area contributed by atoms with Crippen molar-refractivity contribution in [3.63, 3.8) is 0 Å². The molecule has 5 nitrogen and oxygen atoms in total. The van der Waals surface area contributed by atoms with Crippen molar-refractivity contribution in [2.24, 2.45) is 0 Å². The molecule has 2 saturated heterocycles. The summed E-state index contributed by atoms with van der Waals surface area (Å²) < 4.78 is 25.7. The van der Waals surface area contributed by atoms with Gasteiger partial charge < -0.3 is 4.74 Å². The molecular weight excluding hydrogens is 182 g/mol. The van der Waals surface area contributed by atoms with Crippen LogP contribution in [0.15, 0.2) is 0 Å². The van der Waals surface area contributed by atoms with E-state index in [1.165, 1.54) is 4.31 Å². The van der Waals surface area contributed by atoms with E-state index in [0.717, 1.165) is 0 Å². The lowest BCUT2D eigenvalue weighted by Gasteiger charge is -2.24. The number of esters is 1. The van der Waals surface area contributed by atoms with Gasteiger partial charge in [0.2, 0.25) is 11.3 Å². The van der Waals surface area contributed by atoms with Gasteiger partial charge >= 0.3 is 5.97 Å². The second-order valence-electron chi connectivity index (χ2n) is 2.97. The van der Waals surface area contributed by atoms with E-state index in [9.17, 15) is 9.00 Å². The maximum Gasteiger partial charge on any atom is 0.324 e. The minimum Gasteiger partial charge on any atom is -0.461 e. The van der Waals surface area contributed by atoms with Gasteiger partial charge in [0, 0.05) is 13.0 Å². The van der Waals surface area contributed by atoms with Gasteiger partial charge in [0.15, 0.2) is 0 Å². The third kappa shape index (κ3) is 1.16. The van der Waals surface area contributed by atoms with Crippen molar-refractivity contribution >= 4 is 17.2 Å². The normalized spacial score (nSPS) is 37.9. The van der Waals surface area contributed by atoms with Crippen molar-refractivity contribution in [3.8, 4) is 0 Å². The van der Waals surface area contributed by atoms with E-state index in [1.807, 2.05) is 0 Å². The van der Waals surface area contributed by atoms with Crippen molar-refractivity contribution in [1.82, 2.24) is 4.31 Å². The predicted octanol–water partition coefficient (Wildman–Crippen LogP) is -0.487. The fourth-order valence-electron chi connectivity index (χ4n) is 1.66. The Morgan fingerprint density at radius 2 is 2.42 bits per heavy atom. The number of hydrogen-bond donors (Lipinski definition) is 1. The molecule has 68 valence electrons. The average Bonchev–Trinajstić information content (AvgIpc) is 2.28. The molecule has 2 heterocycles. The topological polar surface area (TPSA) is 66.8 Å². The van der Waals surface area contributed by atoms with Crippen LogP contribution in [-0.4, -0.2) is 37.7 Å². The fourth-order valence-corrected chi connectivity index (χ4v) is 2.31. The number of piperidine rings is 1. The average molecular weight is 191 g/mol. The van der Waals surface area contributed by atoms with Gasteiger partial charge in [0.1, 0.15) is 12.1 Å². The molecule has 2 unspecified atom stereocenters. The predicted molar refractivity (Wildman–Crippen MR) is 40.4 cm³/mol. The van der Waals surface area contributed by atoms with Crippen LogP contribution in [0.3, 0.4) is 0 Å². The Bertz CT molecular complexity index is 244. The standard InChI is InChI=1S/C6H9NO4S/c8-6-5-3-4(11-6)1-2-7(5)12(9)10/h4-5H,1-3H2,(H,9,10)/t4?,5-/m1/s1. The number of carbonyl (C=O) groups is 1. The molecule has 1 N–H and O–H groups in total. The monoisotopic (exact) mass is 191 g/mol. The van der Waals surface area contributed by atoms with Crippen LogP contribution in [0.4, 0.5) is 0 Å². The molecule has 0 aromatic heterocycles. The highest BCUT2D eigenvalue weighted by Gasteiger charge is 2.44. The van der Waals surface area contributed by atoms with Crippen LogP contribution < -0.4 is 0 Å². The Hall–Kier alpha value is -0.460. The number of fused-ring (bicyclic) bond motifs is 2. The summed E-state index contributed by atoms with van der Waals surface area (Å²) in [6.45, 7) is 0.462. The minimum atomic E-state index is -2.04. The second kappa shape index (κ2) is 2.79. The van der Waals surface area contributed by atoms with E-state index in [2.05, 4.69) is 0 Å². The number of rotatable bonds is 1. The second-order valence-corrected chi connectivity index (χ2v) is 3.90. The van der Waals surface area contributed by atoms with E-state index in [-0.39, 0.29) is 12.1 Å². The lowest BCUT2D eigenvalue weighted by atomic mass is 10.1. The van der Waals surface area contributed by atoms with Gasteiger partial charge in [-0.15, -0.1) is 0 Å². The Labute approximate surface area is 72.1 Å². The fraction of sp³-hybridized carbons (Fsp3) is 0.833. The largest absolute Gasteiger partial charge is 0.461 e. The number of ether oxygens (including phenoxy) is 1. The summed E-state index contributed by atoms with van der Waals surface area (Å²) in [5, 5.41) is 0. The Morgan fingerprint density at radius 1 is 1.67 bits per heavy atom. The summed E-state index contributed by atoms with van der Waals surface area (Å²) in [5.74, 6) is -0.361. The van der Waals surface area contributed by atoms with Gasteiger partial charge in [-0.05, 0) is 6.42 Å². The molecule has 2 aliphatic heterocycles. The van der Waals surface area contributed by atoms with Gasteiger partial charge in [-0.3, -0.25) is 9.35 Å². The minimum absolute atomic E-state index is 0.0256. The molecule has 0 aliphatic carbocycles. The van der Waals surface area contributed by atoms with Crippen molar-refractivity contribution in [1.29, 1.82) is 0 Å². The summed E-state index contributed by atoms with van der Waals surface area (Å²) >= 11 is -2.04. The molecule has 0 radical (unpaired) electrons. The molecule has 2 aliphatic rings. The van der Waals surface area contributed by atoms with Crippen LogP contribution >= 0.6 is 0 Å². The van der Waals surface area contributed by atoms with Gasteiger partial charge in [-0.2, -0.15) is 4.31 Å². The smallest absolute Gasteiger partial charge is 0.324 e. The highest BCUT2D eigenvalue weighted by atomic mass is 32.2. The zero-order chi connectivity index (χ0) is 8.72. The van der Waals surface area contributed by atoms with Crippen molar-refractivity contribution < 1.29 is 18.3 Å². The third-order valence-corrected chi connectivity index (χ3v) is 3.10. The summed E-state index contributed by atoms with van der Waals surface area (Å²) in [6.07, 6.45) is 1.20. The molecule has 0 saturated carbocycles. The van der Waals surface area contributed by atoms with E-state index < -0.39 is 17.3 Å². The molecule has 3 atom stereocenters. The quantitative estimate of drug-likeness (QED) is 0.448. The zero-order valence-corrected chi connectivity index (χ0v) is 7.12. The van der Waals surface area contributed by atoms with Crippen LogP contribution in [0.25, 0.3) is 0 Å². The van der Waals surface area contributed by atoms with Crippen LogP contribution in [0.5, 0.6) is 0 Å². The lowest BCUT2D eigenvalue weighted by Crippen LogP contribution is -2.42. The lowest BCUT2D eigenvalue weighted by molar-refractivity contribution is -0.142. The van der Waals surface area contributed by atoms with E-state index in [4.69, 9.17) is 9.29 Å². The Kier molecular flexibility index (Phi) is 1.90. The summed E-state index contributed by atoms with van der Waals surface area (Å²) in [6, 6.07) is -0.491. The first-order valence-electron chi connectivity index (χ1n) is 3.76. The summed E-state index contributed by atoms with van der Waals surface area (Å²) in [7, 11) is 0. The van der Waals surface area contributed by atoms with Crippen molar-refractivity contribution in [2.75, 3.05) is 6.54 Å². The van der Waals surface area contributed by atoms with Crippen LogP contribution in [-0.2, 0) is 20.8 Å². The van der Waals surface area contributed by atoms with E-state index in [0.29, 0.717) is 19.4 Å². The van der Waals surface area contributed by atoms with Crippen molar-refractivity contribution in [2.45, 2.75) is 25.0 Å². The van der Waals surface area contributed by atoms with Gasteiger partial charge in [-0.1, -0.05) is 0 Å². The van der Waals surface area contributed by atoms with Gasteiger partial charge in [0.25, 0.3) is 0 Å². The first-order valence-corrected chi connectivity index (χ1v) is 4.83. The first-order chi connectivity index (χ1) is 5.68. The molecule has 0 amide bonds. The summed E-state index contributed by atoms with van der Waals surface area (Å²) in [4.78, 5) is 11.1. The molecular formula is C6H9NO4S. The maximum atomic E-state index is 11.1. The Morgan fingerprint density at radius 3 is 3.08 bits per heavy atom. The summed E-state index contributed by atoms with van der Waals surface area (Å²) in [5.41, 5.74) is 0. The van der Waals surface area contributed by atoms with Crippen LogP contribution in [0, 0.1) is 0 Å². The molecule has 2 rings (SSSR count). The van der Waals surface area contributed by atoms with Crippen LogP contribution in [0.1, 0.15) is 12.8 Å².